The van der Waals surface area contributed by atoms with Crippen LogP contribution in [0.1, 0.15) is 21.8 Å². The molecule has 0 fully saturated rings. The first-order valence-corrected chi connectivity index (χ1v) is 8.11. The molecule has 8 nitrogen and oxygen atoms in total. The second-order valence-electron chi connectivity index (χ2n) is 6.05. The Labute approximate surface area is 151 Å². The van der Waals surface area contributed by atoms with Crippen LogP contribution in [-0.4, -0.2) is 39.9 Å². The number of rotatable bonds is 6. The van der Waals surface area contributed by atoms with Crippen molar-refractivity contribution in [3.05, 3.63) is 53.4 Å². The summed E-state index contributed by atoms with van der Waals surface area (Å²) in [6.45, 7) is 2.08. The zero-order valence-corrected chi connectivity index (χ0v) is 15.2. The van der Waals surface area contributed by atoms with Gasteiger partial charge >= 0.3 is 0 Å². The molecule has 8 heteroatoms. The smallest absolute Gasteiger partial charge is 0.283 e. The van der Waals surface area contributed by atoms with Crippen molar-refractivity contribution < 1.29 is 14.1 Å². The van der Waals surface area contributed by atoms with E-state index in [1.54, 1.807) is 32.2 Å². The summed E-state index contributed by atoms with van der Waals surface area (Å²) in [6, 6.07) is 11.4. The van der Waals surface area contributed by atoms with E-state index in [1.807, 2.05) is 37.3 Å². The molecule has 1 N–H and O–H groups in total. The summed E-state index contributed by atoms with van der Waals surface area (Å²) in [5, 5.41) is 9.94. The van der Waals surface area contributed by atoms with Crippen molar-refractivity contribution in [1.29, 1.82) is 0 Å². The maximum absolute atomic E-state index is 12.1. The first-order valence-electron chi connectivity index (χ1n) is 8.11. The third kappa shape index (κ3) is 3.75. The van der Waals surface area contributed by atoms with Gasteiger partial charge in [0, 0.05) is 32.8 Å². The second kappa shape index (κ2) is 7.40. The molecule has 2 heterocycles. The van der Waals surface area contributed by atoms with E-state index >= 15 is 0 Å². The predicted molar refractivity (Wildman–Crippen MR) is 95.4 cm³/mol. The van der Waals surface area contributed by atoms with Crippen LogP contribution < -0.4 is 10.2 Å². The highest BCUT2D eigenvalue weighted by Gasteiger charge is 2.18. The molecule has 1 amide bonds. The number of carbonyl (C=O) groups is 1. The lowest BCUT2D eigenvalue weighted by Gasteiger charge is -2.10. The number of amides is 1. The SMILES string of the molecule is Cc1onc(-c2ccccc2)c1COc1cc(C(=O)NN(C)C)n(C)n1. The Balaban J connectivity index is 1.77. The summed E-state index contributed by atoms with van der Waals surface area (Å²) in [5.41, 5.74) is 5.62. The number of nitrogens with one attached hydrogen (secondary N) is 1. The largest absolute Gasteiger partial charge is 0.471 e. The van der Waals surface area contributed by atoms with E-state index in [2.05, 4.69) is 15.7 Å². The highest BCUT2D eigenvalue weighted by molar-refractivity contribution is 5.92. The van der Waals surface area contributed by atoms with Crippen LogP contribution >= 0.6 is 0 Å². The number of carbonyl (C=O) groups excluding carboxylic acids is 1. The van der Waals surface area contributed by atoms with Crippen LogP contribution in [0.4, 0.5) is 0 Å². The number of hydrogen-bond donors (Lipinski definition) is 1. The van der Waals surface area contributed by atoms with Gasteiger partial charge in [0.05, 0.1) is 5.56 Å². The minimum absolute atomic E-state index is 0.241. The van der Waals surface area contributed by atoms with Crippen molar-refractivity contribution >= 4 is 5.91 Å². The number of aryl methyl sites for hydroxylation is 2. The van der Waals surface area contributed by atoms with E-state index in [0.717, 1.165) is 16.8 Å². The number of hydrogen-bond acceptors (Lipinski definition) is 6. The van der Waals surface area contributed by atoms with Gasteiger partial charge in [-0.2, -0.15) is 0 Å². The van der Waals surface area contributed by atoms with Gasteiger partial charge in [0.2, 0.25) is 5.88 Å². The number of aromatic nitrogens is 3. The van der Waals surface area contributed by atoms with Crippen LogP contribution in [-0.2, 0) is 13.7 Å². The maximum Gasteiger partial charge on any atom is 0.283 e. The fourth-order valence-corrected chi connectivity index (χ4v) is 2.51. The van der Waals surface area contributed by atoms with E-state index in [0.29, 0.717) is 17.3 Å². The van der Waals surface area contributed by atoms with Gasteiger partial charge in [-0.05, 0) is 6.92 Å². The molecule has 0 saturated heterocycles. The number of hydrazine groups is 1. The molecule has 0 aliphatic rings. The molecule has 0 aliphatic carbocycles. The Bertz CT molecular complexity index is 899. The molecule has 0 saturated carbocycles. The molecule has 0 atom stereocenters. The number of benzene rings is 1. The highest BCUT2D eigenvalue weighted by atomic mass is 16.5. The topological polar surface area (TPSA) is 85.4 Å². The first-order chi connectivity index (χ1) is 12.5. The van der Waals surface area contributed by atoms with Crippen molar-refractivity contribution in [2.24, 2.45) is 7.05 Å². The molecule has 0 unspecified atom stereocenters. The number of nitrogens with zero attached hydrogens (tertiary/aromatic N) is 4. The normalized spacial score (nSPS) is 11.0. The van der Waals surface area contributed by atoms with Crippen molar-refractivity contribution in [1.82, 2.24) is 25.4 Å². The average molecular weight is 355 g/mol. The molecule has 0 spiro atoms. The van der Waals surface area contributed by atoms with Gasteiger partial charge in [-0.25, -0.2) is 5.01 Å². The van der Waals surface area contributed by atoms with Gasteiger partial charge in [0.25, 0.3) is 5.91 Å². The molecule has 0 radical (unpaired) electrons. The molecule has 136 valence electrons. The summed E-state index contributed by atoms with van der Waals surface area (Å²) >= 11 is 0. The minimum Gasteiger partial charge on any atom is -0.471 e. The molecule has 2 aromatic heterocycles. The summed E-state index contributed by atoms with van der Waals surface area (Å²) in [4.78, 5) is 12.1. The van der Waals surface area contributed by atoms with Gasteiger partial charge in [-0.1, -0.05) is 35.5 Å². The third-order valence-corrected chi connectivity index (χ3v) is 3.81. The van der Waals surface area contributed by atoms with Gasteiger partial charge in [-0.15, -0.1) is 5.10 Å². The van der Waals surface area contributed by atoms with Crippen molar-refractivity contribution in [2.75, 3.05) is 14.1 Å². The molecule has 3 aromatic rings. The lowest BCUT2D eigenvalue weighted by Crippen LogP contribution is -2.37. The molecular formula is C18H21N5O3. The van der Waals surface area contributed by atoms with Gasteiger partial charge in [0.15, 0.2) is 0 Å². The van der Waals surface area contributed by atoms with Crippen molar-refractivity contribution in [3.8, 4) is 17.1 Å². The number of ether oxygens (including phenoxy) is 1. The Morgan fingerprint density at radius 3 is 2.73 bits per heavy atom. The van der Waals surface area contributed by atoms with E-state index in [9.17, 15) is 4.79 Å². The molecule has 0 aliphatic heterocycles. The molecular weight excluding hydrogens is 334 g/mol. The zero-order valence-electron chi connectivity index (χ0n) is 15.2. The van der Waals surface area contributed by atoms with Gasteiger partial charge in [0.1, 0.15) is 23.8 Å². The Morgan fingerprint density at radius 1 is 1.31 bits per heavy atom. The Kier molecular flexibility index (Phi) is 5.04. The second-order valence-corrected chi connectivity index (χ2v) is 6.05. The Hall–Kier alpha value is -3.13. The standard InChI is InChI=1S/C18H21N5O3/c1-12-14(17(21-26-12)13-8-6-5-7-9-13)11-25-16-10-15(23(4)19-16)18(24)20-22(2)3/h5-10H,11H2,1-4H3,(H,20,24). The van der Waals surface area contributed by atoms with Crippen molar-refractivity contribution in [2.45, 2.75) is 13.5 Å². The monoisotopic (exact) mass is 355 g/mol. The quantitative estimate of drug-likeness (QED) is 0.682. The van der Waals surface area contributed by atoms with Crippen LogP contribution in [0, 0.1) is 6.92 Å². The Morgan fingerprint density at radius 2 is 2.04 bits per heavy atom. The van der Waals surface area contributed by atoms with E-state index in [-0.39, 0.29) is 12.5 Å². The summed E-state index contributed by atoms with van der Waals surface area (Å²) in [7, 11) is 5.18. The molecule has 26 heavy (non-hydrogen) atoms. The lowest BCUT2D eigenvalue weighted by molar-refractivity contribution is 0.0847. The molecule has 3 rings (SSSR count). The van der Waals surface area contributed by atoms with Crippen LogP contribution in [0.15, 0.2) is 40.9 Å². The highest BCUT2D eigenvalue weighted by Crippen LogP contribution is 2.26. The van der Waals surface area contributed by atoms with E-state index < -0.39 is 0 Å². The zero-order chi connectivity index (χ0) is 18.7. The fraction of sp³-hybridized carbons (Fsp3) is 0.278. The van der Waals surface area contributed by atoms with Gasteiger partial charge in [-0.3, -0.25) is 14.9 Å². The summed E-state index contributed by atoms with van der Waals surface area (Å²) in [5.74, 6) is 0.785. The van der Waals surface area contributed by atoms with Gasteiger partial charge < -0.3 is 9.26 Å². The summed E-state index contributed by atoms with van der Waals surface area (Å²) in [6.07, 6.45) is 0. The van der Waals surface area contributed by atoms with Crippen LogP contribution in [0.25, 0.3) is 11.3 Å². The lowest BCUT2D eigenvalue weighted by atomic mass is 10.1. The van der Waals surface area contributed by atoms with Crippen molar-refractivity contribution in [3.63, 3.8) is 0 Å². The predicted octanol–water partition coefficient (Wildman–Crippen LogP) is 2.17. The third-order valence-electron chi connectivity index (χ3n) is 3.81. The molecule has 0 bridgehead atoms. The van der Waals surface area contributed by atoms with Crippen LogP contribution in [0.2, 0.25) is 0 Å². The van der Waals surface area contributed by atoms with E-state index in [1.165, 1.54) is 4.68 Å². The minimum atomic E-state index is -0.258. The van der Waals surface area contributed by atoms with Crippen LogP contribution in [0.5, 0.6) is 5.88 Å². The first kappa shape index (κ1) is 17.7. The average Bonchev–Trinajstić information content (AvgIpc) is 3.16. The maximum atomic E-state index is 12.1. The fourth-order valence-electron chi connectivity index (χ4n) is 2.51. The molecule has 1 aromatic carbocycles. The summed E-state index contributed by atoms with van der Waals surface area (Å²) < 4.78 is 12.6. The van der Waals surface area contributed by atoms with Crippen LogP contribution in [0.3, 0.4) is 0 Å². The van der Waals surface area contributed by atoms with E-state index in [4.69, 9.17) is 9.26 Å².